The Morgan fingerprint density at radius 1 is 1.39 bits per heavy atom. The van der Waals surface area contributed by atoms with Crippen LogP contribution in [0.5, 0.6) is 11.5 Å². The van der Waals surface area contributed by atoms with Gasteiger partial charge >= 0.3 is 0 Å². The summed E-state index contributed by atoms with van der Waals surface area (Å²) >= 11 is 6.30. The Morgan fingerprint density at radius 2 is 2.22 bits per heavy atom. The fraction of sp³-hybridized carbons (Fsp3) is 0.588. The summed E-state index contributed by atoms with van der Waals surface area (Å²) in [6, 6.07) is 3.49. The number of carbonyl (C=O) groups is 1. The van der Waals surface area contributed by atoms with Gasteiger partial charge in [0.15, 0.2) is 11.5 Å². The molecule has 1 amide bonds. The Hall–Kier alpha value is -1.46. The van der Waals surface area contributed by atoms with Crippen LogP contribution in [0.3, 0.4) is 0 Å². The number of amides is 1. The third kappa shape index (κ3) is 5.01. The Kier molecular flexibility index (Phi) is 6.99. The Labute approximate surface area is 142 Å². The zero-order valence-electron chi connectivity index (χ0n) is 13.8. The van der Waals surface area contributed by atoms with Crippen molar-refractivity contribution in [1.29, 1.82) is 0 Å². The van der Waals surface area contributed by atoms with Gasteiger partial charge in [-0.25, -0.2) is 0 Å². The summed E-state index contributed by atoms with van der Waals surface area (Å²) in [5.41, 5.74) is 0.493. The highest BCUT2D eigenvalue weighted by molar-refractivity contribution is 6.32. The molecule has 128 valence electrons. The number of halogens is 1. The molecule has 23 heavy (non-hydrogen) atoms. The van der Waals surface area contributed by atoms with Crippen LogP contribution in [0.4, 0.5) is 0 Å². The minimum Gasteiger partial charge on any atom is -0.490 e. The summed E-state index contributed by atoms with van der Waals surface area (Å²) in [5.74, 6) is 0.884. The van der Waals surface area contributed by atoms with Crippen molar-refractivity contribution in [3.05, 3.63) is 22.7 Å². The second kappa shape index (κ2) is 8.99. The quantitative estimate of drug-likeness (QED) is 0.801. The van der Waals surface area contributed by atoms with Gasteiger partial charge in [0.05, 0.1) is 18.2 Å². The van der Waals surface area contributed by atoms with E-state index in [2.05, 4.69) is 10.6 Å². The molecule has 1 heterocycles. The van der Waals surface area contributed by atoms with Crippen molar-refractivity contribution in [1.82, 2.24) is 10.6 Å². The van der Waals surface area contributed by atoms with Crippen LogP contribution in [0.1, 0.15) is 43.5 Å². The van der Waals surface area contributed by atoms with Crippen LogP contribution in [0.15, 0.2) is 12.1 Å². The van der Waals surface area contributed by atoms with Crippen LogP contribution in [0.25, 0.3) is 0 Å². The standard InChI is InChI=1S/C17H25ClN2O3/c1-3-8-23-16-14(18)9-12(10-15(16)22-4-2)17(21)20-13-6-5-7-19-11-13/h9-10,13,19H,3-8,11H2,1-2H3,(H,20,21). The molecule has 0 aromatic heterocycles. The fourth-order valence-electron chi connectivity index (χ4n) is 2.55. The average Bonchev–Trinajstić information content (AvgIpc) is 2.55. The maximum Gasteiger partial charge on any atom is 0.251 e. The van der Waals surface area contributed by atoms with E-state index in [0.717, 1.165) is 32.4 Å². The van der Waals surface area contributed by atoms with Gasteiger partial charge in [-0.1, -0.05) is 18.5 Å². The van der Waals surface area contributed by atoms with E-state index >= 15 is 0 Å². The van der Waals surface area contributed by atoms with E-state index in [1.807, 2.05) is 13.8 Å². The molecule has 6 heteroatoms. The lowest BCUT2D eigenvalue weighted by atomic mass is 10.1. The van der Waals surface area contributed by atoms with Crippen molar-refractivity contribution in [2.75, 3.05) is 26.3 Å². The molecule has 1 fully saturated rings. The molecule has 1 aliphatic rings. The minimum atomic E-state index is -0.136. The summed E-state index contributed by atoms with van der Waals surface area (Å²) in [6.07, 6.45) is 2.93. The molecule has 0 saturated carbocycles. The summed E-state index contributed by atoms with van der Waals surface area (Å²) < 4.78 is 11.2. The maximum absolute atomic E-state index is 12.5. The smallest absolute Gasteiger partial charge is 0.251 e. The van der Waals surface area contributed by atoms with Crippen LogP contribution in [-0.4, -0.2) is 38.3 Å². The van der Waals surface area contributed by atoms with Gasteiger partial charge in [0.25, 0.3) is 5.91 Å². The zero-order chi connectivity index (χ0) is 16.7. The molecule has 1 aliphatic heterocycles. The molecule has 0 aliphatic carbocycles. The highest BCUT2D eigenvalue weighted by atomic mass is 35.5. The summed E-state index contributed by atoms with van der Waals surface area (Å²) in [4.78, 5) is 12.5. The molecule has 1 aromatic rings. The van der Waals surface area contributed by atoms with E-state index in [0.29, 0.717) is 35.3 Å². The van der Waals surface area contributed by atoms with E-state index in [1.165, 1.54) is 0 Å². The highest BCUT2D eigenvalue weighted by Crippen LogP contribution is 2.36. The Bertz CT molecular complexity index is 531. The van der Waals surface area contributed by atoms with Gasteiger partial charge in [0.2, 0.25) is 0 Å². The van der Waals surface area contributed by atoms with E-state index in [1.54, 1.807) is 12.1 Å². The number of benzene rings is 1. The van der Waals surface area contributed by atoms with E-state index < -0.39 is 0 Å². The lowest BCUT2D eigenvalue weighted by Gasteiger charge is -2.24. The van der Waals surface area contributed by atoms with Crippen molar-refractivity contribution >= 4 is 17.5 Å². The first-order valence-corrected chi connectivity index (χ1v) is 8.64. The van der Waals surface area contributed by atoms with E-state index in [9.17, 15) is 4.79 Å². The number of hydrogen-bond donors (Lipinski definition) is 2. The van der Waals surface area contributed by atoms with E-state index in [4.69, 9.17) is 21.1 Å². The summed E-state index contributed by atoms with van der Waals surface area (Å²) in [6.45, 7) is 6.76. The third-order valence-electron chi connectivity index (χ3n) is 3.65. The number of piperidine rings is 1. The first-order chi connectivity index (χ1) is 11.2. The topological polar surface area (TPSA) is 59.6 Å². The monoisotopic (exact) mass is 340 g/mol. The Morgan fingerprint density at radius 3 is 2.87 bits per heavy atom. The van der Waals surface area contributed by atoms with Crippen molar-refractivity contribution < 1.29 is 14.3 Å². The van der Waals surface area contributed by atoms with Gasteiger partial charge in [-0.2, -0.15) is 0 Å². The van der Waals surface area contributed by atoms with Crippen LogP contribution < -0.4 is 20.1 Å². The SMILES string of the molecule is CCCOc1c(Cl)cc(C(=O)NC2CCCNC2)cc1OCC. The normalized spacial score (nSPS) is 17.6. The third-order valence-corrected chi connectivity index (χ3v) is 3.93. The predicted molar refractivity (Wildman–Crippen MR) is 91.8 cm³/mol. The van der Waals surface area contributed by atoms with Gasteiger partial charge < -0.3 is 20.1 Å². The second-order valence-corrected chi connectivity index (χ2v) is 5.99. The van der Waals surface area contributed by atoms with Gasteiger partial charge in [-0.15, -0.1) is 0 Å². The first kappa shape index (κ1) is 17.9. The van der Waals surface area contributed by atoms with Crippen LogP contribution in [0, 0.1) is 0 Å². The highest BCUT2D eigenvalue weighted by Gasteiger charge is 2.20. The molecule has 2 rings (SSSR count). The molecule has 1 aromatic carbocycles. The van der Waals surface area contributed by atoms with Gasteiger partial charge in [0, 0.05) is 18.2 Å². The first-order valence-electron chi connectivity index (χ1n) is 8.26. The second-order valence-electron chi connectivity index (χ2n) is 5.58. The Balaban J connectivity index is 2.15. The van der Waals surface area contributed by atoms with Crippen LogP contribution in [0.2, 0.25) is 5.02 Å². The molecule has 5 nitrogen and oxygen atoms in total. The number of ether oxygens (including phenoxy) is 2. The van der Waals surface area contributed by atoms with Crippen LogP contribution >= 0.6 is 11.6 Å². The van der Waals surface area contributed by atoms with Crippen molar-refractivity contribution in [2.45, 2.75) is 39.2 Å². The van der Waals surface area contributed by atoms with Crippen molar-refractivity contribution in [3.63, 3.8) is 0 Å². The molecule has 0 radical (unpaired) electrons. The molecule has 0 spiro atoms. The lowest BCUT2D eigenvalue weighted by molar-refractivity contribution is 0.0930. The van der Waals surface area contributed by atoms with Crippen molar-refractivity contribution in [3.8, 4) is 11.5 Å². The van der Waals surface area contributed by atoms with Crippen LogP contribution in [-0.2, 0) is 0 Å². The molecular formula is C17H25ClN2O3. The maximum atomic E-state index is 12.5. The van der Waals surface area contributed by atoms with Gasteiger partial charge in [0.1, 0.15) is 0 Å². The largest absolute Gasteiger partial charge is 0.490 e. The predicted octanol–water partition coefficient (Wildman–Crippen LogP) is 3.01. The van der Waals surface area contributed by atoms with E-state index in [-0.39, 0.29) is 11.9 Å². The number of hydrogen-bond acceptors (Lipinski definition) is 4. The number of rotatable bonds is 7. The zero-order valence-corrected chi connectivity index (χ0v) is 14.5. The fourth-order valence-corrected chi connectivity index (χ4v) is 2.82. The summed E-state index contributed by atoms with van der Waals surface area (Å²) in [7, 11) is 0. The average molecular weight is 341 g/mol. The molecule has 0 bridgehead atoms. The summed E-state index contributed by atoms with van der Waals surface area (Å²) in [5, 5.41) is 6.72. The molecule has 2 N–H and O–H groups in total. The van der Waals surface area contributed by atoms with Gasteiger partial charge in [-0.3, -0.25) is 4.79 Å². The van der Waals surface area contributed by atoms with Crippen molar-refractivity contribution in [2.24, 2.45) is 0 Å². The minimum absolute atomic E-state index is 0.136. The lowest BCUT2D eigenvalue weighted by Crippen LogP contribution is -2.45. The molecular weight excluding hydrogens is 316 g/mol. The van der Waals surface area contributed by atoms with Gasteiger partial charge in [-0.05, 0) is 44.9 Å². The molecule has 1 unspecified atom stereocenters. The molecule has 1 saturated heterocycles. The number of nitrogens with one attached hydrogen (secondary N) is 2. The molecule has 1 atom stereocenters. The number of carbonyl (C=O) groups excluding carboxylic acids is 1.